The smallest absolute Gasteiger partial charge is 0.251 e. The summed E-state index contributed by atoms with van der Waals surface area (Å²) in [6, 6.07) is 6.02. The quantitative estimate of drug-likeness (QED) is 0.786. The lowest BCUT2D eigenvalue weighted by Crippen LogP contribution is -2.22. The Hall–Kier alpha value is -1.38. The molecule has 21 heavy (non-hydrogen) atoms. The molecule has 5 nitrogen and oxygen atoms in total. The molecule has 8 heteroatoms. The number of carbonyl (C=O) groups is 1. The highest BCUT2D eigenvalue weighted by Crippen LogP contribution is 2.20. The van der Waals surface area contributed by atoms with Crippen molar-refractivity contribution in [3.05, 3.63) is 44.6 Å². The second-order valence-electron chi connectivity index (χ2n) is 4.48. The number of benzene rings is 1. The Morgan fingerprint density at radius 1 is 1.33 bits per heavy atom. The van der Waals surface area contributed by atoms with Crippen LogP contribution in [0.2, 0.25) is 0 Å². The first-order chi connectivity index (χ1) is 9.75. The third-order valence-electron chi connectivity index (χ3n) is 2.66. The molecule has 112 valence electrons. The molecule has 1 aromatic carbocycles. The van der Waals surface area contributed by atoms with Gasteiger partial charge in [0.15, 0.2) is 9.84 Å². The molecule has 0 saturated carbocycles. The molecule has 0 radical (unpaired) electrons. The van der Waals surface area contributed by atoms with E-state index in [1.807, 2.05) is 11.4 Å². The molecule has 2 aromatic rings. The molecule has 1 heterocycles. The number of nitrogens with two attached hydrogens (primary N) is 1. The van der Waals surface area contributed by atoms with Gasteiger partial charge in [0.25, 0.3) is 5.91 Å². The predicted octanol–water partition coefficient (Wildman–Crippen LogP) is 2.43. The van der Waals surface area contributed by atoms with Crippen LogP contribution in [-0.4, -0.2) is 20.6 Å². The minimum absolute atomic E-state index is 0.0338. The number of anilines is 1. The summed E-state index contributed by atoms with van der Waals surface area (Å²) in [6.07, 6.45) is 1.08. The van der Waals surface area contributed by atoms with Crippen molar-refractivity contribution in [2.75, 3.05) is 12.0 Å². The molecule has 0 spiro atoms. The van der Waals surface area contributed by atoms with Crippen LogP contribution in [0.5, 0.6) is 0 Å². The van der Waals surface area contributed by atoms with E-state index in [0.717, 1.165) is 15.6 Å². The topological polar surface area (TPSA) is 89.3 Å². The van der Waals surface area contributed by atoms with Crippen LogP contribution in [0.15, 0.2) is 39.0 Å². The highest BCUT2D eigenvalue weighted by molar-refractivity contribution is 9.10. The summed E-state index contributed by atoms with van der Waals surface area (Å²) in [5.74, 6) is -0.364. The van der Waals surface area contributed by atoms with Gasteiger partial charge in [-0.05, 0) is 40.2 Å². The van der Waals surface area contributed by atoms with Gasteiger partial charge in [0.1, 0.15) is 0 Å². The molecule has 0 fully saturated rings. The molecular weight excluding hydrogens is 376 g/mol. The van der Waals surface area contributed by atoms with E-state index in [0.29, 0.717) is 6.54 Å². The zero-order valence-electron chi connectivity index (χ0n) is 11.1. The van der Waals surface area contributed by atoms with E-state index in [4.69, 9.17) is 5.73 Å². The van der Waals surface area contributed by atoms with Gasteiger partial charge in [-0.3, -0.25) is 4.79 Å². The van der Waals surface area contributed by atoms with Crippen molar-refractivity contribution in [1.29, 1.82) is 0 Å². The molecule has 0 saturated heterocycles. The van der Waals surface area contributed by atoms with Crippen molar-refractivity contribution in [3.63, 3.8) is 0 Å². The first-order valence-corrected chi connectivity index (χ1v) is 9.44. The molecule has 2 rings (SSSR count). The maximum absolute atomic E-state index is 12.1. The Labute approximate surface area is 135 Å². The van der Waals surface area contributed by atoms with Crippen LogP contribution < -0.4 is 11.1 Å². The summed E-state index contributed by atoms with van der Waals surface area (Å²) < 4.78 is 24.1. The van der Waals surface area contributed by atoms with Crippen LogP contribution in [0.25, 0.3) is 0 Å². The van der Waals surface area contributed by atoms with Crippen molar-refractivity contribution in [2.45, 2.75) is 11.4 Å². The van der Waals surface area contributed by atoms with Gasteiger partial charge in [-0.2, -0.15) is 0 Å². The van der Waals surface area contributed by atoms with Gasteiger partial charge in [-0.15, -0.1) is 11.3 Å². The summed E-state index contributed by atoms with van der Waals surface area (Å²) in [6.45, 7) is 0.373. The standard InChI is InChI=1S/C13H13BrN2O3S2/c1-21(18,19)12-3-8(2-10(15)5-12)13(17)16-6-11-4-9(14)7-20-11/h2-5,7H,6,15H2,1H3,(H,16,17). The van der Waals surface area contributed by atoms with Crippen molar-refractivity contribution in [3.8, 4) is 0 Å². The Balaban J connectivity index is 2.17. The van der Waals surface area contributed by atoms with Gasteiger partial charge in [0.05, 0.1) is 11.4 Å². The Morgan fingerprint density at radius 2 is 2.05 bits per heavy atom. The number of carbonyl (C=O) groups excluding carboxylic acids is 1. The number of thiophene rings is 1. The van der Waals surface area contributed by atoms with Crippen molar-refractivity contribution in [1.82, 2.24) is 5.32 Å². The number of halogens is 1. The van der Waals surface area contributed by atoms with E-state index in [1.54, 1.807) is 0 Å². The van der Waals surface area contributed by atoms with Gasteiger partial charge in [-0.1, -0.05) is 0 Å². The van der Waals surface area contributed by atoms with Crippen molar-refractivity contribution < 1.29 is 13.2 Å². The molecule has 0 bridgehead atoms. The van der Waals surface area contributed by atoms with Gasteiger partial charge in [0.2, 0.25) is 0 Å². The Morgan fingerprint density at radius 3 is 2.62 bits per heavy atom. The largest absolute Gasteiger partial charge is 0.399 e. The lowest BCUT2D eigenvalue weighted by Gasteiger charge is -2.07. The molecule has 0 atom stereocenters. The fraction of sp³-hybridized carbons (Fsp3) is 0.154. The number of nitrogens with one attached hydrogen (secondary N) is 1. The van der Waals surface area contributed by atoms with Gasteiger partial charge < -0.3 is 11.1 Å². The van der Waals surface area contributed by atoms with E-state index in [9.17, 15) is 13.2 Å². The monoisotopic (exact) mass is 388 g/mol. The predicted molar refractivity (Wildman–Crippen MR) is 87.2 cm³/mol. The molecule has 0 aliphatic heterocycles. The highest BCUT2D eigenvalue weighted by Gasteiger charge is 2.13. The van der Waals surface area contributed by atoms with Gasteiger partial charge in [0, 0.05) is 32.2 Å². The fourth-order valence-corrected chi connectivity index (χ4v) is 3.77. The number of hydrogen-bond donors (Lipinski definition) is 2. The van der Waals surface area contributed by atoms with Crippen LogP contribution in [0, 0.1) is 0 Å². The number of hydrogen-bond acceptors (Lipinski definition) is 5. The molecular formula is C13H13BrN2O3S2. The van der Waals surface area contributed by atoms with E-state index in [1.165, 1.54) is 29.5 Å². The molecule has 3 N–H and O–H groups in total. The summed E-state index contributed by atoms with van der Waals surface area (Å²) in [7, 11) is -3.41. The Bertz CT molecular complexity index is 784. The Kier molecular flexibility index (Phi) is 4.70. The minimum atomic E-state index is -3.41. The second kappa shape index (κ2) is 6.17. The second-order valence-corrected chi connectivity index (χ2v) is 8.40. The van der Waals surface area contributed by atoms with Crippen molar-refractivity contribution in [2.24, 2.45) is 0 Å². The van der Waals surface area contributed by atoms with Crippen LogP contribution in [0.4, 0.5) is 5.69 Å². The maximum Gasteiger partial charge on any atom is 0.251 e. The lowest BCUT2D eigenvalue weighted by atomic mass is 10.2. The lowest BCUT2D eigenvalue weighted by molar-refractivity contribution is 0.0951. The number of amides is 1. The summed E-state index contributed by atoms with van der Waals surface area (Å²) in [5, 5.41) is 4.66. The molecule has 0 aliphatic rings. The molecule has 0 aliphatic carbocycles. The van der Waals surface area contributed by atoms with Gasteiger partial charge >= 0.3 is 0 Å². The molecule has 1 amide bonds. The van der Waals surface area contributed by atoms with E-state index >= 15 is 0 Å². The highest BCUT2D eigenvalue weighted by atomic mass is 79.9. The third-order valence-corrected chi connectivity index (χ3v) is 5.45. The zero-order chi connectivity index (χ0) is 15.6. The normalized spacial score (nSPS) is 11.3. The fourth-order valence-electron chi connectivity index (χ4n) is 1.68. The van der Waals surface area contributed by atoms with Crippen LogP contribution in [0.3, 0.4) is 0 Å². The molecule has 1 aromatic heterocycles. The van der Waals surface area contributed by atoms with E-state index in [-0.39, 0.29) is 22.1 Å². The van der Waals surface area contributed by atoms with E-state index in [2.05, 4.69) is 21.2 Å². The van der Waals surface area contributed by atoms with E-state index < -0.39 is 9.84 Å². The molecule has 0 unspecified atom stereocenters. The average Bonchev–Trinajstić information content (AvgIpc) is 2.80. The maximum atomic E-state index is 12.1. The average molecular weight is 389 g/mol. The van der Waals surface area contributed by atoms with Crippen LogP contribution in [-0.2, 0) is 16.4 Å². The van der Waals surface area contributed by atoms with Crippen LogP contribution in [0.1, 0.15) is 15.2 Å². The van der Waals surface area contributed by atoms with Crippen LogP contribution >= 0.6 is 27.3 Å². The minimum Gasteiger partial charge on any atom is -0.399 e. The van der Waals surface area contributed by atoms with Gasteiger partial charge in [-0.25, -0.2) is 8.42 Å². The zero-order valence-corrected chi connectivity index (χ0v) is 14.3. The van der Waals surface area contributed by atoms with Crippen molar-refractivity contribution >= 4 is 48.7 Å². The number of sulfone groups is 1. The SMILES string of the molecule is CS(=O)(=O)c1cc(N)cc(C(=O)NCc2cc(Br)cs2)c1. The summed E-state index contributed by atoms with van der Waals surface area (Å²) >= 11 is 4.85. The first kappa shape index (κ1) is 16.0. The third kappa shape index (κ3) is 4.29. The first-order valence-electron chi connectivity index (χ1n) is 5.87. The summed E-state index contributed by atoms with van der Waals surface area (Å²) in [5.41, 5.74) is 6.12. The summed E-state index contributed by atoms with van der Waals surface area (Å²) in [4.78, 5) is 13.1. The number of nitrogen functional groups attached to an aromatic ring is 1. The number of rotatable bonds is 4.